The molecule has 2 rings (SSSR count). The van der Waals surface area contributed by atoms with Gasteiger partial charge in [-0.25, -0.2) is 4.98 Å². The van der Waals surface area contributed by atoms with Gasteiger partial charge in [0.1, 0.15) is 12.2 Å². The first-order valence-corrected chi connectivity index (χ1v) is 5.58. The Labute approximate surface area is 102 Å². The molecule has 1 fully saturated rings. The minimum Gasteiger partial charge on any atom is -0.317 e. The first-order valence-electron chi connectivity index (χ1n) is 5.58. The van der Waals surface area contributed by atoms with E-state index in [2.05, 4.69) is 32.4 Å². The first-order chi connectivity index (χ1) is 7.34. The number of hydrogen-bond acceptors (Lipinski definition) is 4. The van der Waals surface area contributed by atoms with E-state index in [1.807, 2.05) is 0 Å². The molecule has 2 N–H and O–H groups in total. The van der Waals surface area contributed by atoms with Crippen LogP contribution in [0.2, 0.25) is 0 Å². The highest BCUT2D eigenvalue weighted by Crippen LogP contribution is 2.13. The van der Waals surface area contributed by atoms with E-state index in [0.717, 1.165) is 24.8 Å². The number of nitrogens with one attached hydrogen (secondary N) is 2. The molecule has 1 saturated heterocycles. The summed E-state index contributed by atoms with van der Waals surface area (Å²) in [5, 5.41) is 10.1. The lowest BCUT2D eigenvalue weighted by molar-refractivity contribution is 0.231. The van der Waals surface area contributed by atoms with Crippen LogP contribution < -0.4 is 5.32 Å². The van der Waals surface area contributed by atoms with E-state index in [0.29, 0.717) is 0 Å². The largest absolute Gasteiger partial charge is 0.317 e. The Kier molecular flexibility index (Phi) is 5.73. The van der Waals surface area contributed by atoms with E-state index >= 15 is 0 Å². The second-order valence-corrected chi connectivity index (χ2v) is 4.32. The van der Waals surface area contributed by atoms with Crippen LogP contribution in [0.15, 0.2) is 6.33 Å². The number of H-pyrrole nitrogens is 1. The standard InChI is InChI=1S/C10H19N5.ClH/c1-15(7-10-12-8-13-14-10)6-9-2-4-11-5-3-9;/h8-9,11H,2-7H2,1H3,(H,12,13,14);1H. The number of rotatable bonds is 4. The van der Waals surface area contributed by atoms with Gasteiger partial charge in [-0.1, -0.05) is 0 Å². The van der Waals surface area contributed by atoms with Crippen molar-refractivity contribution in [1.82, 2.24) is 25.4 Å². The zero-order valence-electron chi connectivity index (χ0n) is 9.65. The summed E-state index contributed by atoms with van der Waals surface area (Å²) in [6.07, 6.45) is 4.15. The van der Waals surface area contributed by atoms with E-state index in [1.165, 1.54) is 25.9 Å². The van der Waals surface area contributed by atoms with Crippen molar-refractivity contribution in [3.8, 4) is 0 Å². The molecule has 0 amide bonds. The minimum absolute atomic E-state index is 0. The molecule has 2 heterocycles. The summed E-state index contributed by atoms with van der Waals surface area (Å²) < 4.78 is 0. The Morgan fingerprint density at radius 2 is 2.19 bits per heavy atom. The van der Waals surface area contributed by atoms with Crippen LogP contribution in [-0.4, -0.2) is 46.8 Å². The fraction of sp³-hybridized carbons (Fsp3) is 0.800. The zero-order valence-corrected chi connectivity index (χ0v) is 10.5. The van der Waals surface area contributed by atoms with Crippen molar-refractivity contribution in [3.63, 3.8) is 0 Å². The maximum Gasteiger partial charge on any atom is 0.138 e. The molecule has 6 heteroatoms. The van der Waals surface area contributed by atoms with Crippen LogP contribution in [0.3, 0.4) is 0 Å². The highest BCUT2D eigenvalue weighted by Gasteiger charge is 2.15. The first kappa shape index (κ1) is 13.4. The second-order valence-electron chi connectivity index (χ2n) is 4.32. The molecule has 1 aliphatic heterocycles. The fourth-order valence-electron chi connectivity index (χ4n) is 2.13. The van der Waals surface area contributed by atoms with Gasteiger partial charge >= 0.3 is 0 Å². The average molecular weight is 246 g/mol. The highest BCUT2D eigenvalue weighted by molar-refractivity contribution is 5.85. The van der Waals surface area contributed by atoms with Crippen LogP contribution in [0.4, 0.5) is 0 Å². The lowest BCUT2D eigenvalue weighted by Gasteiger charge is -2.26. The summed E-state index contributed by atoms with van der Waals surface area (Å²) in [6, 6.07) is 0. The van der Waals surface area contributed by atoms with Crippen LogP contribution in [0.1, 0.15) is 18.7 Å². The van der Waals surface area contributed by atoms with Crippen molar-refractivity contribution in [2.75, 3.05) is 26.7 Å². The van der Waals surface area contributed by atoms with Crippen molar-refractivity contribution in [2.45, 2.75) is 19.4 Å². The van der Waals surface area contributed by atoms with Gasteiger partial charge in [0.15, 0.2) is 0 Å². The van der Waals surface area contributed by atoms with Crippen molar-refractivity contribution in [1.29, 1.82) is 0 Å². The van der Waals surface area contributed by atoms with E-state index in [1.54, 1.807) is 6.33 Å². The summed E-state index contributed by atoms with van der Waals surface area (Å²) in [5.74, 6) is 1.78. The van der Waals surface area contributed by atoms with E-state index in [4.69, 9.17) is 0 Å². The van der Waals surface area contributed by atoms with Crippen molar-refractivity contribution in [3.05, 3.63) is 12.2 Å². The number of aromatic amines is 1. The SMILES string of the molecule is CN(Cc1ncn[nH]1)CC1CCNCC1.Cl. The number of aromatic nitrogens is 3. The number of piperidine rings is 1. The Balaban J connectivity index is 0.00000128. The highest BCUT2D eigenvalue weighted by atomic mass is 35.5. The number of hydrogen-bond donors (Lipinski definition) is 2. The normalized spacial score (nSPS) is 17.4. The molecule has 0 aliphatic carbocycles. The fourth-order valence-corrected chi connectivity index (χ4v) is 2.13. The molecular weight excluding hydrogens is 226 g/mol. The molecule has 0 spiro atoms. The molecule has 5 nitrogen and oxygen atoms in total. The molecule has 0 aromatic carbocycles. The van der Waals surface area contributed by atoms with E-state index < -0.39 is 0 Å². The van der Waals surface area contributed by atoms with Gasteiger partial charge in [-0.05, 0) is 38.9 Å². The predicted octanol–water partition coefficient (Wildman–Crippen LogP) is 0.658. The molecule has 0 atom stereocenters. The van der Waals surface area contributed by atoms with Crippen LogP contribution in [0, 0.1) is 5.92 Å². The van der Waals surface area contributed by atoms with Crippen LogP contribution in [-0.2, 0) is 6.54 Å². The van der Waals surface area contributed by atoms with Gasteiger partial charge < -0.3 is 5.32 Å². The van der Waals surface area contributed by atoms with Gasteiger partial charge in [0.2, 0.25) is 0 Å². The molecule has 0 saturated carbocycles. The molecule has 1 aliphatic rings. The quantitative estimate of drug-likeness (QED) is 0.818. The summed E-state index contributed by atoms with van der Waals surface area (Å²) >= 11 is 0. The molecule has 1 aromatic rings. The summed E-state index contributed by atoms with van der Waals surface area (Å²) in [4.78, 5) is 6.44. The maximum atomic E-state index is 4.13. The molecule has 0 bridgehead atoms. The average Bonchev–Trinajstić information content (AvgIpc) is 2.71. The van der Waals surface area contributed by atoms with Crippen molar-refractivity contribution >= 4 is 12.4 Å². The smallest absolute Gasteiger partial charge is 0.138 e. The molecule has 92 valence electrons. The van der Waals surface area contributed by atoms with Crippen LogP contribution in [0.5, 0.6) is 0 Å². The topological polar surface area (TPSA) is 56.8 Å². The van der Waals surface area contributed by atoms with Gasteiger partial charge in [0.25, 0.3) is 0 Å². The Bertz CT molecular complexity index is 271. The van der Waals surface area contributed by atoms with Crippen molar-refractivity contribution in [2.24, 2.45) is 5.92 Å². The third-order valence-electron chi connectivity index (χ3n) is 2.91. The number of nitrogens with zero attached hydrogens (tertiary/aromatic N) is 3. The summed E-state index contributed by atoms with van der Waals surface area (Å²) in [5.41, 5.74) is 0. The van der Waals surface area contributed by atoms with Crippen LogP contribution >= 0.6 is 12.4 Å². The lowest BCUT2D eigenvalue weighted by Crippen LogP contribution is -2.34. The van der Waals surface area contributed by atoms with E-state index in [-0.39, 0.29) is 12.4 Å². The summed E-state index contributed by atoms with van der Waals surface area (Å²) in [7, 11) is 2.14. The second kappa shape index (κ2) is 6.83. The van der Waals surface area contributed by atoms with Gasteiger partial charge in [0, 0.05) is 6.54 Å². The third kappa shape index (κ3) is 4.08. The molecule has 0 unspecified atom stereocenters. The Morgan fingerprint density at radius 1 is 1.44 bits per heavy atom. The third-order valence-corrected chi connectivity index (χ3v) is 2.91. The molecule has 0 radical (unpaired) electrons. The Morgan fingerprint density at radius 3 is 2.81 bits per heavy atom. The maximum absolute atomic E-state index is 4.13. The van der Waals surface area contributed by atoms with Gasteiger partial charge in [-0.3, -0.25) is 10.00 Å². The van der Waals surface area contributed by atoms with E-state index in [9.17, 15) is 0 Å². The van der Waals surface area contributed by atoms with Crippen molar-refractivity contribution < 1.29 is 0 Å². The van der Waals surface area contributed by atoms with Crippen LogP contribution in [0.25, 0.3) is 0 Å². The van der Waals surface area contributed by atoms with Gasteiger partial charge in [-0.15, -0.1) is 12.4 Å². The Hall–Kier alpha value is -0.650. The number of halogens is 1. The lowest BCUT2D eigenvalue weighted by atomic mass is 9.98. The van der Waals surface area contributed by atoms with Gasteiger partial charge in [-0.2, -0.15) is 5.10 Å². The van der Waals surface area contributed by atoms with Gasteiger partial charge in [0.05, 0.1) is 6.54 Å². The summed E-state index contributed by atoms with van der Waals surface area (Å²) in [6.45, 7) is 4.36. The monoisotopic (exact) mass is 245 g/mol. The zero-order chi connectivity index (χ0) is 10.5. The molecule has 1 aromatic heterocycles. The minimum atomic E-state index is 0. The molecular formula is C10H20ClN5. The predicted molar refractivity (Wildman–Crippen MR) is 65.6 cm³/mol. The molecule has 16 heavy (non-hydrogen) atoms.